The molecule has 3 fully saturated rings. The quantitative estimate of drug-likeness (QED) is 0.421. The van der Waals surface area contributed by atoms with Gasteiger partial charge in [-0.15, -0.1) is 0 Å². The number of hydrogen-bond acceptors (Lipinski definition) is 8. The maximum absolute atomic E-state index is 15.4. The number of benzene rings is 1. The maximum Gasteiger partial charge on any atom is 0.261 e. The van der Waals surface area contributed by atoms with Crippen molar-refractivity contribution in [1.82, 2.24) is 29.7 Å². The van der Waals surface area contributed by atoms with Gasteiger partial charge in [-0.3, -0.25) is 9.69 Å². The zero-order valence-electron chi connectivity index (χ0n) is 20.8. The van der Waals surface area contributed by atoms with E-state index in [0.717, 1.165) is 12.8 Å². The van der Waals surface area contributed by atoms with Crippen molar-refractivity contribution in [3.05, 3.63) is 41.7 Å². The number of nitrogens with zero attached hydrogens (tertiary/aromatic N) is 6. The molecule has 0 bridgehead atoms. The molecule has 1 saturated carbocycles. The summed E-state index contributed by atoms with van der Waals surface area (Å²) < 4.78 is 45.1. The minimum atomic E-state index is -2.80. The molecular weight excluding hydrogens is 499 g/mol. The Balaban J connectivity index is 1.37. The number of nitrogen functional groups attached to an aromatic ring is 1. The summed E-state index contributed by atoms with van der Waals surface area (Å²) in [5.74, 6) is -3.24. The number of imidazole rings is 1. The molecule has 2 saturated heterocycles. The fourth-order valence-corrected chi connectivity index (χ4v) is 5.43. The van der Waals surface area contributed by atoms with Crippen molar-refractivity contribution in [3.63, 3.8) is 0 Å². The predicted molar refractivity (Wildman–Crippen MR) is 135 cm³/mol. The molecule has 5 N–H and O–H groups in total. The Kier molecular flexibility index (Phi) is 5.94. The number of halogens is 3. The van der Waals surface area contributed by atoms with Gasteiger partial charge in [-0.1, -0.05) is 0 Å². The molecule has 3 aromatic rings. The monoisotopic (exact) mass is 529 g/mol. The molecule has 10 nitrogen and oxygen atoms in total. The van der Waals surface area contributed by atoms with Crippen molar-refractivity contribution in [2.24, 2.45) is 5.73 Å². The van der Waals surface area contributed by atoms with Gasteiger partial charge in [0.2, 0.25) is 5.91 Å². The highest BCUT2D eigenvalue weighted by Crippen LogP contribution is 2.35. The number of amides is 1. The van der Waals surface area contributed by atoms with Gasteiger partial charge in [-0.2, -0.15) is 0 Å². The molecule has 2 aromatic heterocycles. The van der Waals surface area contributed by atoms with Gasteiger partial charge in [-0.25, -0.2) is 28.1 Å². The van der Waals surface area contributed by atoms with Crippen LogP contribution in [0.2, 0.25) is 0 Å². The van der Waals surface area contributed by atoms with Crippen LogP contribution < -0.4 is 21.7 Å². The number of aromatic nitrogens is 4. The number of fused-ring (bicyclic) bond motifs is 1. The van der Waals surface area contributed by atoms with Gasteiger partial charge < -0.3 is 26.3 Å². The summed E-state index contributed by atoms with van der Waals surface area (Å²) in [6.45, 7) is 0.690. The van der Waals surface area contributed by atoms with Crippen molar-refractivity contribution >= 4 is 28.6 Å². The minimum absolute atomic E-state index is 0.0259. The number of likely N-dealkylation sites (tertiary alicyclic amines) is 1. The first-order valence-electron chi connectivity index (χ1n) is 12.8. The van der Waals surface area contributed by atoms with E-state index in [9.17, 15) is 13.6 Å². The molecule has 202 valence electrons. The maximum atomic E-state index is 15.4. The lowest BCUT2D eigenvalue weighted by Crippen LogP contribution is -2.56. The second-order valence-electron chi connectivity index (χ2n) is 10.7. The normalized spacial score (nSPS) is 23.4. The lowest BCUT2D eigenvalue weighted by atomic mass is 9.98. The second-order valence-corrected chi connectivity index (χ2v) is 10.7. The summed E-state index contributed by atoms with van der Waals surface area (Å²) in [7, 11) is 0. The third-order valence-corrected chi connectivity index (χ3v) is 7.74. The number of carbonyl (C=O) groups is 1. The van der Waals surface area contributed by atoms with Gasteiger partial charge in [0.15, 0.2) is 11.5 Å². The van der Waals surface area contributed by atoms with Gasteiger partial charge in [0.05, 0.1) is 19.4 Å². The van der Waals surface area contributed by atoms with Crippen LogP contribution in [0, 0.1) is 5.82 Å². The van der Waals surface area contributed by atoms with E-state index in [-0.39, 0.29) is 50.4 Å². The first-order chi connectivity index (χ1) is 18.1. The van der Waals surface area contributed by atoms with Crippen LogP contribution in [0.15, 0.2) is 24.8 Å². The average Bonchev–Trinajstić information content (AvgIpc) is 3.27. The van der Waals surface area contributed by atoms with Crippen LogP contribution in [0.3, 0.4) is 0 Å². The van der Waals surface area contributed by atoms with E-state index in [1.165, 1.54) is 12.4 Å². The number of nitrogens with one attached hydrogen (secondary N) is 1. The van der Waals surface area contributed by atoms with Crippen molar-refractivity contribution in [2.75, 3.05) is 36.8 Å². The average molecular weight is 530 g/mol. The van der Waals surface area contributed by atoms with Crippen LogP contribution in [-0.2, 0) is 17.9 Å². The topological polar surface area (TPSA) is 131 Å². The number of rotatable bonds is 7. The fraction of sp³-hybridized carbons (Fsp3) is 0.520. The Bertz CT molecular complexity index is 1390. The van der Waals surface area contributed by atoms with Gasteiger partial charge in [0, 0.05) is 55.5 Å². The van der Waals surface area contributed by atoms with Crippen LogP contribution in [0.4, 0.5) is 24.7 Å². The zero-order valence-corrected chi connectivity index (χ0v) is 20.8. The predicted octanol–water partition coefficient (Wildman–Crippen LogP) is 1.62. The summed E-state index contributed by atoms with van der Waals surface area (Å²) in [4.78, 5) is 29.0. The minimum Gasteiger partial charge on any atom is -0.382 e. The summed E-state index contributed by atoms with van der Waals surface area (Å²) in [5, 5.41) is 2.99. The molecule has 1 atom stereocenters. The van der Waals surface area contributed by atoms with Crippen LogP contribution >= 0.6 is 0 Å². The molecule has 3 aliphatic rings. The molecule has 13 heteroatoms. The van der Waals surface area contributed by atoms with E-state index >= 15 is 4.39 Å². The highest BCUT2D eigenvalue weighted by Gasteiger charge is 2.44. The van der Waals surface area contributed by atoms with Crippen LogP contribution in [0.25, 0.3) is 11.2 Å². The molecule has 0 spiro atoms. The number of nitrogens with two attached hydrogens (primary N) is 2. The van der Waals surface area contributed by atoms with Crippen molar-refractivity contribution in [3.8, 4) is 0 Å². The van der Waals surface area contributed by atoms with Gasteiger partial charge in [0.25, 0.3) is 5.92 Å². The van der Waals surface area contributed by atoms with Gasteiger partial charge in [0.1, 0.15) is 23.2 Å². The van der Waals surface area contributed by atoms with Crippen LogP contribution in [0.1, 0.15) is 36.8 Å². The van der Waals surface area contributed by atoms with Crippen LogP contribution in [0.5, 0.6) is 0 Å². The first-order valence-corrected chi connectivity index (χ1v) is 12.8. The smallest absolute Gasteiger partial charge is 0.261 e. The Morgan fingerprint density at radius 2 is 1.89 bits per heavy atom. The highest BCUT2D eigenvalue weighted by atomic mass is 19.3. The highest BCUT2D eigenvalue weighted by molar-refractivity contribution is 5.88. The molecule has 4 heterocycles. The van der Waals surface area contributed by atoms with E-state index in [0.29, 0.717) is 40.9 Å². The molecule has 2 aliphatic heterocycles. The Hall–Kier alpha value is -3.45. The van der Waals surface area contributed by atoms with Crippen LogP contribution in [-0.4, -0.2) is 74.0 Å². The molecule has 1 aromatic carbocycles. The number of anilines is 2. The van der Waals surface area contributed by atoms with E-state index in [2.05, 4.69) is 20.3 Å². The summed E-state index contributed by atoms with van der Waals surface area (Å²) in [5.41, 5.74) is 13.9. The third-order valence-electron chi connectivity index (χ3n) is 7.74. The molecule has 1 aliphatic carbocycles. The SMILES string of the molecule is Nc1ncnc2c1ncn2Cc1c(N2CCC(N)(C(=O)NC3CC3)C2)ccc(F)c1CN1CCC(F)(F)C1. The van der Waals surface area contributed by atoms with Gasteiger partial charge >= 0.3 is 0 Å². The molecule has 1 unspecified atom stereocenters. The summed E-state index contributed by atoms with van der Waals surface area (Å²) in [6.07, 6.45) is 4.98. The standard InChI is InChI=1S/C25H30F3N9O/c26-18-3-4-19(36-8-5-24(30,11-36)23(38)34-15-1-2-15)17(16(18)9-35-7-6-25(27,28)12-35)10-37-14-33-20-21(29)31-13-32-22(20)37/h3-4,13-15H,1-2,5-12,30H2,(H,34,38)(H2,29,31,32). The van der Waals surface area contributed by atoms with E-state index in [1.54, 1.807) is 21.9 Å². The lowest BCUT2D eigenvalue weighted by Gasteiger charge is -2.28. The second kappa shape index (κ2) is 9.09. The van der Waals surface area contributed by atoms with Crippen molar-refractivity contribution in [1.29, 1.82) is 0 Å². The zero-order chi connectivity index (χ0) is 26.7. The molecule has 0 radical (unpaired) electrons. The number of hydrogen-bond donors (Lipinski definition) is 3. The van der Waals surface area contributed by atoms with Crippen molar-refractivity contribution < 1.29 is 18.0 Å². The first kappa shape index (κ1) is 24.9. The van der Waals surface area contributed by atoms with E-state index < -0.39 is 23.8 Å². The molecular formula is C25H30F3N9O. The largest absolute Gasteiger partial charge is 0.382 e. The fourth-order valence-electron chi connectivity index (χ4n) is 5.43. The number of carbonyl (C=O) groups excluding carboxylic acids is 1. The van der Waals surface area contributed by atoms with E-state index in [1.807, 2.05) is 4.90 Å². The molecule has 1 amide bonds. The molecule has 6 rings (SSSR count). The Labute approximate surface area is 217 Å². The lowest BCUT2D eigenvalue weighted by molar-refractivity contribution is -0.125. The third kappa shape index (κ3) is 4.64. The summed E-state index contributed by atoms with van der Waals surface area (Å²) in [6, 6.07) is 3.21. The summed E-state index contributed by atoms with van der Waals surface area (Å²) >= 11 is 0. The van der Waals surface area contributed by atoms with E-state index in [4.69, 9.17) is 11.5 Å². The van der Waals surface area contributed by atoms with Crippen molar-refractivity contribution in [2.45, 2.75) is 56.3 Å². The number of alkyl halides is 2. The Morgan fingerprint density at radius 1 is 1.08 bits per heavy atom. The molecule has 38 heavy (non-hydrogen) atoms. The van der Waals surface area contributed by atoms with Gasteiger partial charge in [-0.05, 0) is 31.4 Å². The Morgan fingerprint density at radius 3 is 2.63 bits per heavy atom.